The van der Waals surface area contributed by atoms with Crippen molar-refractivity contribution in [2.24, 2.45) is 0 Å². The van der Waals surface area contributed by atoms with E-state index in [1.54, 1.807) is 6.08 Å². The summed E-state index contributed by atoms with van der Waals surface area (Å²) in [6.07, 6.45) is 2.27. The first-order valence-corrected chi connectivity index (χ1v) is 6.30. The Labute approximate surface area is 109 Å². The standard InChI is InChI=1S/C15H21NO2/c1-4-12(15(17)18)8-9-16-14-7-5-6-13(10-14)11(2)3/h5-8,10-11,16H,4,9H2,1-3H3,(H,17,18)/b12-8-. The van der Waals surface area contributed by atoms with Crippen molar-refractivity contribution >= 4 is 11.7 Å². The minimum atomic E-state index is -0.838. The molecule has 0 aromatic heterocycles. The largest absolute Gasteiger partial charge is 0.478 e. The van der Waals surface area contributed by atoms with Gasteiger partial charge in [-0.3, -0.25) is 0 Å². The van der Waals surface area contributed by atoms with Crippen LogP contribution in [0.3, 0.4) is 0 Å². The molecule has 0 saturated heterocycles. The topological polar surface area (TPSA) is 49.3 Å². The molecule has 18 heavy (non-hydrogen) atoms. The molecule has 0 bridgehead atoms. The van der Waals surface area contributed by atoms with Crippen LogP contribution in [-0.2, 0) is 4.79 Å². The number of hydrogen-bond acceptors (Lipinski definition) is 2. The van der Waals surface area contributed by atoms with E-state index >= 15 is 0 Å². The predicted molar refractivity (Wildman–Crippen MR) is 75.0 cm³/mol. The molecule has 0 aliphatic carbocycles. The van der Waals surface area contributed by atoms with Crippen molar-refractivity contribution in [2.45, 2.75) is 33.1 Å². The molecular weight excluding hydrogens is 226 g/mol. The molecule has 0 radical (unpaired) electrons. The summed E-state index contributed by atoms with van der Waals surface area (Å²) < 4.78 is 0. The summed E-state index contributed by atoms with van der Waals surface area (Å²) in [5.74, 6) is -0.345. The van der Waals surface area contributed by atoms with Crippen molar-refractivity contribution in [1.29, 1.82) is 0 Å². The van der Waals surface area contributed by atoms with E-state index in [4.69, 9.17) is 5.11 Å². The first-order valence-electron chi connectivity index (χ1n) is 6.30. The summed E-state index contributed by atoms with van der Waals surface area (Å²) >= 11 is 0. The van der Waals surface area contributed by atoms with Crippen molar-refractivity contribution in [3.05, 3.63) is 41.5 Å². The van der Waals surface area contributed by atoms with E-state index < -0.39 is 5.97 Å². The van der Waals surface area contributed by atoms with Gasteiger partial charge in [-0.15, -0.1) is 0 Å². The number of hydrogen-bond donors (Lipinski definition) is 2. The van der Waals surface area contributed by atoms with E-state index in [1.807, 2.05) is 19.1 Å². The van der Waals surface area contributed by atoms with E-state index in [0.717, 1.165) is 5.69 Å². The van der Waals surface area contributed by atoms with Gasteiger partial charge >= 0.3 is 5.97 Å². The van der Waals surface area contributed by atoms with Crippen molar-refractivity contribution in [1.82, 2.24) is 0 Å². The minimum absolute atomic E-state index is 0.447. The second kappa shape index (κ2) is 6.84. The summed E-state index contributed by atoms with van der Waals surface area (Å²) in [6.45, 7) is 6.69. The lowest BCUT2D eigenvalue weighted by Gasteiger charge is -2.09. The van der Waals surface area contributed by atoms with Crippen LogP contribution in [0.2, 0.25) is 0 Å². The van der Waals surface area contributed by atoms with Gasteiger partial charge in [-0.2, -0.15) is 0 Å². The first kappa shape index (κ1) is 14.3. The highest BCUT2D eigenvalue weighted by atomic mass is 16.4. The zero-order valence-corrected chi connectivity index (χ0v) is 11.2. The van der Waals surface area contributed by atoms with Gasteiger partial charge in [0.15, 0.2) is 0 Å². The third-order valence-electron chi connectivity index (χ3n) is 2.86. The number of aliphatic carboxylic acids is 1. The Morgan fingerprint density at radius 2 is 2.17 bits per heavy atom. The van der Waals surface area contributed by atoms with Crippen LogP contribution in [0.1, 0.15) is 38.7 Å². The van der Waals surface area contributed by atoms with Crippen molar-refractivity contribution < 1.29 is 9.90 Å². The second-order valence-electron chi connectivity index (χ2n) is 4.55. The van der Waals surface area contributed by atoms with E-state index in [2.05, 4.69) is 31.3 Å². The Hall–Kier alpha value is -1.77. The average Bonchev–Trinajstić information content (AvgIpc) is 2.34. The van der Waals surface area contributed by atoms with Gasteiger partial charge in [-0.05, 0) is 30.0 Å². The highest BCUT2D eigenvalue weighted by Gasteiger charge is 2.03. The molecule has 0 atom stereocenters. The highest BCUT2D eigenvalue weighted by Crippen LogP contribution is 2.18. The number of nitrogens with one attached hydrogen (secondary N) is 1. The van der Waals surface area contributed by atoms with Crippen LogP contribution in [0, 0.1) is 0 Å². The SMILES string of the molecule is CC/C(=C/CNc1cccc(C(C)C)c1)C(=O)O. The summed E-state index contributed by atoms with van der Waals surface area (Å²) in [6, 6.07) is 8.21. The van der Waals surface area contributed by atoms with E-state index in [0.29, 0.717) is 24.5 Å². The molecule has 3 nitrogen and oxygen atoms in total. The van der Waals surface area contributed by atoms with Gasteiger partial charge in [-0.25, -0.2) is 4.79 Å². The molecule has 0 aliphatic rings. The molecule has 1 rings (SSSR count). The zero-order chi connectivity index (χ0) is 13.5. The Kier molecular flexibility index (Phi) is 5.43. The lowest BCUT2D eigenvalue weighted by molar-refractivity contribution is -0.132. The van der Waals surface area contributed by atoms with Crippen LogP contribution in [0.4, 0.5) is 5.69 Å². The van der Waals surface area contributed by atoms with Gasteiger partial charge in [0.25, 0.3) is 0 Å². The van der Waals surface area contributed by atoms with E-state index in [-0.39, 0.29) is 0 Å². The van der Waals surface area contributed by atoms with Crippen molar-refractivity contribution in [2.75, 3.05) is 11.9 Å². The van der Waals surface area contributed by atoms with E-state index in [1.165, 1.54) is 5.56 Å². The number of rotatable bonds is 6. The molecule has 1 aromatic carbocycles. The van der Waals surface area contributed by atoms with Crippen LogP contribution in [0.5, 0.6) is 0 Å². The molecule has 0 aliphatic heterocycles. The molecule has 0 amide bonds. The van der Waals surface area contributed by atoms with Crippen LogP contribution in [0.15, 0.2) is 35.9 Å². The maximum Gasteiger partial charge on any atom is 0.331 e. The zero-order valence-electron chi connectivity index (χ0n) is 11.2. The molecule has 0 unspecified atom stereocenters. The van der Waals surface area contributed by atoms with Gasteiger partial charge in [0, 0.05) is 17.8 Å². The Morgan fingerprint density at radius 1 is 1.44 bits per heavy atom. The first-order chi connectivity index (χ1) is 8.54. The summed E-state index contributed by atoms with van der Waals surface area (Å²) in [5.41, 5.74) is 2.75. The fraction of sp³-hybridized carbons (Fsp3) is 0.400. The smallest absolute Gasteiger partial charge is 0.331 e. The van der Waals surface area contributed by atoms with Gasteiger partial charge in [0.1, 0.15) is 0 Å². The molecule has 2 N–H and O–H groups in total. The van der Waals surface area contributed by atoms with Crippen LogP contribution in [0.25, 0.3) is 0 Å². The maximum absolute atomic E-state index is 10.8. The van der Waals surface area contributed by atoms with Crippen molar-refractivity contribution in [3.8, 4) is 0 Å². The number of carboxylic acids is 1. The number of benzene rings is 1. The molecule has 1 aromatic rings. The van der Waals surface area contributed by atoms with Crippen molar-refractivity contribution in [3.63, 3.8) is 0 Å². The lowest BCUT2D eigenvalue weighted by Crippen LogP contribution is -2.05. The monoisotopic (exact) mass is 247 g/mol. The fourth-order valence-electron chi connectivity index (χ4n) is 1.68. The highest BCUT2D eigenvalue weighted by molar-refractivity contribution is 5.86. The minimum Gasteiger partial charge on any atom is -0.478 e. The van der Waals surface area contributed by atoms with Crippen LogP contribution < -0.4 is 5.32 Å². The van der Waals surface area contributed by atoms with Gasteiger partial charge < -0.3 is 10.4 Å². The Morgan fingerprint density at radius 3 is 2.72 bits per heavy atom. The number of anilines is 1. The molecule has 98 valence electrons. The summed E-state index contributed by atoms with van der Waals surface area (Å²) in [5, 5.41) is 12.1. The molecule has 0 spiro atoms. The van der Waals surface area contributed by atoms with Gasteiger partial charge in [-0.1, -0.05) is 39.0 Å². The summed E-state index contributed by atoms with van der Waals surface area (Å²) in [4.78, 5) is 10.8. The van der Waals surface area contributed by atoms with Gasteiger partial charge in [0.2, 0.25) is 0 Å². The second-order valence-corrected chi connectivity index (χ2v) is 4.55. The number of carbonyl (C=O) groups is 1. The normalized spacial score (nSPS) is 11.7. The third kappa shape index (κ3) is 4.24. The molecule has 0 fully saturated rings. The maximum atomic E-state index is 10.8. The quantitative estimate of drug-likeness (QED) is 0.754. The van der Waals surface area contributed by atoms with E-state index in [9.17, 15) is 4.79 Å². The average molecular weight is 247 g/mol. The Bertz CT molecular complexity index is 436. The summed E-state index contributed by atoms with van der Waals surface area (Å²) in [7, 11) is 0. The van der Waals surface area contributed by atoms with Crippen LogP contribution in [-0.4, -0.2) is 17.6 Å². The number of carboxylic acid groups (broad SMARTS) is 1. The molecule has 0 saturated carbocycles. The predicted octanol–water partition coefficient (Wildman–Crippen LogP) is 3.64. The third-order valence-corrected chi connectivity index (χ3v) is 2.86. The van der Waals surface area contributed by atoms with Gasteiger partial charge in [0.05, 0.1) is 0 Å². The fourth-order valence-corrected chi connectivity index (χ4v) is 1.68. The molecular formula is C15H21NO2. The lowest BCUT2D eigenvalue weighted by atomic mass is 10.0. The molecule has 0 heterocycles. The Balaban J connectivity index is 2.63. The van der Waals surface area contributed by atoms with Crippen LogP contribution >= 0.6 is 0 Å². The molecule has 3 heteroatoms.